The molecular formula is C46H44ClF8N9O5S. The van der Waals surface area contributed by atoms with Gasteiger partial charge >= 0.3 is 6.01 Å². The molecule has 372 valence electrons. The maximum Gasteiger partial charge on any atom is 0.321 e. The SMILES string of the molecule is C[C@@H]1c2c(C(F)F)nn(CC(=O)N[C@@H](Cc3cc(F)cc(F)c3)c3nc(C#CC(C)(C)S(=O)(=O)C4CC4)ccc3-c3ccc(Cl)c4c(Nc5nnc(C(C)(C)O)o5)nn(CC(F)F)c34)c2C(F)(F)[C@@H]1C. The summed E-state index contributed by atoms with van der Waals surface area (Å²) in [6.45, 7) is 6.05. The Balaban J connectivity index is 1.32. The summed E-state index contributed by atoms with van der Waals surface area (Å²) in [6.07, 6.45) is -5.87. The molecule has 0 spiro atoms. The maximum atomic E-state index is 15.8. The zero-order valence-electron chi connectivity index (χ0n) is 38.1. The number of amides is 1. The fourth-order valence-corrected chi connectivity index (χ4v) is 10.5. The van der Waals surface area contributed by atoms with Gasteiger partial charge in [-0.3, -0.25) is 19.5 Å². The second kappa shape index (κ2) is 18.2. The third-order valence-electron chi connectivity index (χ3n) is 12.3. The second-order valence-electron chi connectivity index (χ2n) is 18.4. The zero-order chi connectivity index (χ0) is 51.0. The van der Waals surface area contributed by atoms with Crippen LogP contribution in [0, 0.1) is 29.4 Å². The third-order valence-corrected chi connectivity index (χ3v) is 15.5. The molecule has 2 aliphatic rings. The van der Waals surface area contributed by atoms with E-state index in [4.69, 9.17) is 21.0 Å². The van der Waals surface area contributed by atoms with E-state index in [9.17, 15) is 44.7 Å². The van der Waals surface area contributed by atoms with Gasteiger partial charge in [0.15, 0.2) is 15.7 Å². The molecule has 0 radical (unpaired) electrons. The molecule has 14 nitrogen and oxygen atoms in total. The number of carbonyl (C=O) groups excluding carboxylic acids is 1. The van der Waals surface area contributed by atoms with Gasteiger partial charge in [0.25, 0.3) is 18.8 Å². The first-order valence-corrected chi connectivity index (χ1v) is 23.7. The highest BCUT2D eigenvalue weighted by Gasteiger charge is 2.55. The predicted molar refractivity (Wildman–Crippen MR) is 239 cm³/mol. The van der Waals surface area contributed by atoms with Crippen LogP contribution in [-0.4, -0.2) is 70.6 Å². The van der Waals surface area contributed by atoms with Crippen LogP contribution in [0.15, 0.2) is 46.9 Å². The fraction of sp³-hybridized carbons (Fsp3) is 0.435. The summed E-state index contributed by atoms with van der Waals surface area (Å²) in [5.74, 6) is -4.16. The van der Waals surface area contributed by atoms with Crippen LogP contribution in [0.1, 0.15) is 113 Å². The first-order chi connectivity index (χ1) is 32.7. The number of nitrogens with one attached hydrogen (secondary N) is 2. The van der Waals surface area contributed by atoms with Gasteiger partial charge in [-0.1, -0.05) is 42.5 Å². The molecular weight excluding hydrogens is 978 g/mol. The first kappa shape index (κ1) is 50.3. The number of nitrogens with zero attached hydrogens (tertiary/aromatic N) is 7. The highest BCUT2D eigenvalue weighted by atomic mass is 35.5. The molecule has 2 aliphatic carbocycles. The number of anilines is 2. The van der Waals surface area contributed by atoms with Gasteiger partial charge in [-0.25, -0.2) is 39.7 Å². The Hall–Kier alpha value is -6.12. The van der Waals surface area contributed by atoms with Gasteiger partial charge in [-0.15, -0.1) is 5.10 Å². The molecule has 1 fully saturated rings. The standard InChI is InChI=1S/C46H44ClF8N9O5S/c1-21-22(2)46(54,55)39-34(21)37(40(52)53)61-64(39)20-33(65)57-31(17-23-15-24(48)18-25(49)16-23)36-28(10-7-26(56-36)13-14-44(3,4)70(67,68)27-8-9-27)29-11-12-30(47)35-38(29)63(19-32(50)51)62-41(35)58-43-60-59-42(69-43)45(5,6)66/h7,10-12,15-16,18,21-22,27,31-32,40,66H,8-9,17,19-20H2,1-6H3,(H,57,65)(H,58,60,62)/t21-,22+,31-/m0/s1. The minimum Gasteiger partial charge on any atom is -0.405 e. The summed E-state index contributed by atoms with van der Waals surface area (Å²) in [5, 5.41) is 31.0. The van der Waals surface area contributed by atoms with E-state index in [1.807, 2.05) is 0 Å². The Morgan fingerprint density at radius 3 is 2.26 bits per heavy atom. The molecule has 8 rings (SSSR count). The summed E-state index contributed by atoms with van der Waals surface area (Å²) in [6, 6.07) is 6.25. The predicted octanol–water partition coefficient (Wildman–Crippen LogP) is 9.44. The summed E-state index contributed by atoms with van der Waals surface area (Å²) in [7, 11) is -3.76. The lowest BCUT2D eigenvalue weighted by atomic mass is 9.93. The monoisotopic (exact) mass is 1020 g/mol. The van der Waals surface area contributed by atoms with Crippen molar-refractivity contribution in [3.05, 3.63) is 98.9 Å². The van der Waals surface area contributed by atoms with E-state index in [-0.39, 0.29) is 61.7 Å². The normalized spacial score (nSPS) is 17.5. The molecule has 70 heavy (non-hydrogen) atoms. The van der Waals surface area contributed by atoms with Crippen LogP contribution in [0.2, 0.25) is 5.02 Å². The molecule has 0 bridgehead atoms. The molecule has 0 saturated heterocycles. The number of alkyl halides is 6. The van der Waals surface area contributed by atoms with Crippen molar-refractivity contribution in [3.8, 4) is 23.0 Å². The number of rotatable bonds is 15. The summed E-state index contributed by atoms with van der Waals surface area (Å²) in [5.41, 5.74) is -4.06. The van der Waals surface area contributed by atoms with Gasteiger partial charge in [-0.2, -0.15) is 19.0 Å². The van der Waals surface area contributed by atoms with Gasteiger partial charge in [0.05, 0.1) is 32.9 Å². The number of halogens is 9. The quantitative estimate of drug-likeness (QED) is 0.0658. The highest BCUT2D eigenvalue weighted by molar-refractivity contribution is 7.93. The van der Waals surface area contributed by atoms with Crippen molar-refractivity contribution in [2.75, 3.05) is 5.32 Å². The van der Waals surface area contributed by atoms with Crippen molar-refractivity contribution in [1.29, 1.82) is 0 Å². The molecule has 1 amide bonds. The van der Waals surface area contributed by atoms with Crippen molar-refractivity contribution in [1.82, 2.24) is 40.1 Å². The largest absolute Gasteiger partial charge is 0.405 e. The van der Waals surface area contributed by atoms with Crippen molar-refractivity contribution in [3.63, 3.8) is 0 Å². The lowest BCUT2D eigenvalue weighted by molar-refractivity contribution is -0.123. The summed E-state index contributed by atoms with van der Waals surface area (Å²) < 4.78 is 151. The van der Waals surface area contributed by atoms with Crippen molar-refractivity contribution in [2.45, 2.75) is 120 Å². The molecule has 3 atom stereocenters. The van der Waals surface area contributed by atoms with E-state index in [0.29, 0.717) is 23.6 Å². The lowest BCUT2D eigenvalue weighted by Gasteiger charge is -2.24. The van der Waals surface area contributed by atoms with Gasteiger partial charge in [0.1, 0.15) is 52.2 Å². The number of carbonyl (C=O) groups is 1. The smallest absolute Gasteiger partial charge is 0.321 e. The Kier molecular flexibility index (Phi) is 13.1. The zero-order valence-corrected chi connectivity index (χ0v) is 39.6. The molecule has 0 aliphatic heterocycles. The number of hydrogen-bond acceptors (Lipinski definition) is 11. The summed E-state index contributed by atoms with van der Waals surface area (Å²) in [4.78, 5) is 19.0. The van der Waals surface area contributed by atoms with E-state index < -0.39 is 116 Å². The molecule has 4 heterocycles. The third kappa shape index (κ3) is 9.56. The average molecular weight is 1020 g/mol. The fourth-order valence-electron chi connectivity index (χ4n) is 8.50. The Morgan fingerprint density at radius 1 is 0.971 bits per heavy atom. The lowest BCUT2D eigenvalue weighted by Crippen LogP contribution is -2.35. The van der Waals surface area contributed by atoms with Gasteiger partial charge in [0, 0.05) is 28.7 Å². The average Bonchev–Trinajstić information content (AvgIpc) is 3.68. The highest BCUT2D eigenvalue weighted by Crippen LogP contribution is 2.54. The van der Waals surface area contributed by atoms with E-state index >= 15 is 8.78 Å². The number of aliphatic hydroxyl groups is 1. The Labute approximate surface area is 400 Å². The molecule has 4 aromatic heterocycles. The maximum absolute atomic E-state index is 15.8. The van der Waals surface area contributed by atoms with Gasteiger partial charge < -0.3 is 14.8 Å². The summed E-state index contributed by atoms with van der Waals surface area (Å²) >= 11 is 6.77. The van der Waals surface area contributed by atoms with Crippen LogP contribution in [0.4, 0.5) is 47.0 Å². The van der Waals surface area contributed by atoms with Gasteiger partial charge in [-0.05, 0) is 94.7 Å². The van der Waals surface area contributed by atoms with Crippen molar-refractivity contribution < 1.29 is 57.9 Å². The van der Waals surface area contributed by atoms with Gasteiger partial charge in [0.2, 0.25) is 11.8 Å². The Morgan fingerprint density at radius 2 is 1.64 bits per heavy atom. The molecule has 0 unspecified atom stereocenters. The molecule has 2 aromatic carbocycles. The number of hydrogen-bond donors (Lipinski definition) is 3. The second-order valence-corrected chi connectivity index (χ2v) is 21.6. The minimum atomic E-state index is -3.76. The van der Waals surface area contributed by atoms with E-state index in [1.54, 1.807) is 0 Å². The van der Waals surface area contributed by atoms with Crippen LogP contribution in [0.3, 0.4) is 0 Å². The molecule has 3 N–H and O–H groups in total. The number of aromatic nitrogens is 7. The molecule has 24 heteroatoms. The molecule has 1 saturated carbocycles. The van der Waals surface area contributed by atoms with Crippen LogP contribution in [0.25, 0.3) is 22.0 Å². The van der Waals surface area contributed by atoms with Crippen LogP contribution in [0.5, 0.6) is 0 Å². The minimum absolute atomic E-state index is 0.0178. The number of pyridine rings is 1. The number of fused-ring (bicyclic) bond motifs is 2. The van der Waals surface area contributed by atoms with E-state index in [1.165, 1.54) is 65.8 Å². The number of benzene rings is 2. The van der Waals surface area contributed by atoms with E-state index in [0.717, 1.165) is 16.8 Å². The number of sulfone groups is 1. The molecule has 6 aromatic rings. The first-order valence-electron chi connectivity index (χ1n) is 21.8. The van der Waals surface area contributed by atoms with Crippen molar-refractivity contribution in [2.24, 2.45) is 5.92 Å². The Bertz CT molecular complexity index is 3190. The van der Waals surface area contributed by atoms with Crippen LogP contribution < -0.4 is 10.6 Å². The van der Waals surface area contributed by atoms with Crippen LogP contribution >= 0.6 is 11.6 Å². The topological polar surface area (TPSA) is 183 Å². The van der Waals surface area contributed by atoms with E-state index in [2.05, 4.69) is 42.9 Å². The van der Waals surface area contributed by atoms with Crippen molar-refractivity contribution >= 4 is 50.1 Å². The van der Waals surface area contributed by atoms with Crippen LogP contribution in [-0.2, 0) is 45.7 Å².